The number of methoxy groups -OCH3 is 1. The maximum atomic E-state index is 13.7. The van der Waals surface area contributed by atoms with Crippen molar-refractivity contribution in [3.63, 3.8) is 0 Å². The van der Waals surface area contributed by atoms with Gasteiger partial charge in [-0.15, -0.1) is 0 Å². The van der Waals surface area contributed by atoms with E-state index in [0.717, 1.165) is 40.2 Å². The Morgan fingerprint density at radius 3 is 2.09 bits per heavy atom. The number of imidazole rings is 2. The van der Waals surface area contributed by atoms with E-state index >= 15 is 0 Å². The van der Waals surface area contributed by atoms with Crippen molar-refractivity contribution in [3.8, 4) is 33.8 Å². The second-order valence-corrected chi connectivity index (χ2v) is 13.5. The fourth-order valence-electron chi connectivity index (χ4n) is 6.86. The number of amides is 4. The monoisotopic (exact) mass is 767 g/mol. The molecule has 3 aromatic carbocycles. The number of benzene rings is 3. The van der Waals surface area contributed by atoms with Crippen LogP contribution in [-0.4, -0.2) is 67.5 Å². The second-order valence-electron chi connectivity index (χ2n) is 13.5. The summed E-state index contributed by atoms with van der Waals surface area (Å²) in [6.45, 7) is 2.29. The van der Waals surface area contributed by atoms with Crippen LogP contribution in [0.3, 0.4) is 0 Å². The Hall–Kier alpha value is -7.29. The third-order valence-electron chi connectivity index (χ3n) is 9.78. The van der Waals surface area contributed by atoms with Crippen LogP contribution in [0, 0.1) is 0 Å². The van der Waals surface area contributed by atoms with Crippen molar-refractivity contribution in [3.05, 3.63) is 138 Å². The number of nitrogens with two attached hydrogens (primary N) is 1. The van der Waals surface area contributed by atoms with Gasteiger partial charge in [-0.05, 0) is 43.0 Å². The lowest BCUT2D eigenvalue weighted by atomic mass is 10.1. The third kappa shape index (κ3) is 8.67. The van der Waals surface area contributed by atoms with Crippen LogP contribution in [0.25, 0.3) is 33.8 Å². The van der Waals surface area contributed by atoms with Crippen molar-refractivity contribution in [1.29, 1.82) is 0 Å². The SMILES string of the molecule is COC(=O)NC(C(=O)NC(C)c1ncc(-c2ccc(-c3ccc(-c4cnc([C@@H]5CCCN5C(=O)[C@H](OC(N)=O)c5ccccc5)[nH]4)cc3)nc2)[nH]1)c1ccccc1. The van der Waals surface area contributed by atoms with Gasteiger partial charge in [0.25, 0.3) is 5.91 Å². The van der Waals surface area contributed by atoms with Crippen molar-refractivity contribution < 1.29 is 28.7 Å². The standard InChI is InChI=1S/C42H41N9O6/c1-25(47-39(52)35(50-42(55)56-2)28-10-5-3-6-11-28)37-45-24-33(48-37)30-19-20-31(44-22-30)26-15-17-27(18-16-26)32-23-46-38(49-32)34-14-9-21-51(34)40(53)36(57-41(43)54)29-12-7-4-8-13-29/h3-8,10-13,15-20,22-25,34-36H,9,14,21H2,1-2H3,(H2,43,54)(H,45,48)(H,46,49)(H,47,52)(H,50,55)/t25?,34-,35?,36+/m0/s1. The van der Waals surface area contributed by atoms with Gasteiger partial charge in [-0.25, -0.2) is 19.6 Å². The summed E-state index contributed by atoms with van der Waals surface area (Å²) in [5.41, 5.74) is 11.4. The minimum Gasteiger partial charge on any atom is -0.453 e. The lowest BCUT2D eigenvalue weighted by Crippen LogP contribution is -2.41. The smallest absolute Gasteiger partial charge is 0.407 e. The van der Waals surface area contributed by atoms with Crippen molar-refractivity contribution in [1.82, 2.24) is 40.5 Å². The topological polar surface area (TPSA) is 210 Å². The number of carbonyl (C=O) groups is 4. The van der Waals surface area contributed by atoms with Gasteiger partial charge in [0, 0.05) is 29.4 Å². The molecule has 4 heterocycles. The van der Waals surface area contributed by atoms with Crippen LogP contribution in [-0.2, 0) is 19.1 Å². The average molecular weight is 768 g/mol. The molecule has 57 heavy (non-hydrogen) atoms. The highest BCUT2D eigenvalue weighted by Gasteiger charge is 2.38. The molecule has 2 unspecified atom stereocenters. The van der Waals surface area contributed by atoms with Gasteiger partial charge >= 0.3 is 12.2 Å². The predicted molar refractivity (Wildman–Crippen MR) is 210 cm³/mol. The highest BCUT2D eigenvalue weighted by atomic mass is 16.6. The number of hydrogen-bond acceptors (Lipinski definition) is 9. The number of nitrogens with one attached hydrogen (secondary N) is 4. The molecule has 15 nitrogen and oxygen atoms in total. The number of nitrogens with zero attached hydrogens (tertiary/aromatic N) is 4. The van der Waals surface area contributed by atoms with Crippen molar-refractivity contribution >= 4 is 24.0 Å². The summed E-state index contributed by atoms with van der Waals surface area (Å²) in [6.07, 6.45) is 3.78. The summed E-state index contributed by atoms with van der Waals surface area (Å²) in [6, 6.07) is 27.7. The number of aromatic amines is 2. The van der Waals surface area contributed by atoms with Gasteiger partial charge in [0.15, 0.2) is 0 Å². The molecule has 0 bridgehead atoms. The molecule has 0 spiro atoms. The molecular formula is C42H41N9O6. The van der Waals surface area contributed by atoms with Gasteiger partial charge < -0.3 is 40.7 Å². The number of alkyl carbamates (subject to hydrolysis) is 1. The first-order valence-electron chi connectivity index (χ1n) is 18.4. The van der Waals surface area contributed by atoms with Crippen LogP contribution in [0.15, 0.2) is 116 Å². The Morgan fingerprint density at radius 2 is 1.42 bits per heavy atom. The lowest BCUT2D eigenvalue weighted by molar-refractivity contribution is -0.141. The summed E-state index contributed by atoms with van der Waals surface area (Å²) in [5.74, 6) is 0.415. The van der Waals surface area contributed by atoms with E-state index in [1.165, 1.54) is 7.11 Å². The summed E-state index contributed by atoms with van der Waals surface area (Å²) >= 11 is 0. The molecule has 1 fully saturated rings. The molecule has 7 rings (SSSR count). The summed E-state index contributed by atoms with van der Waals surface area (Å²) in [7, 11) is 1.24. The minimum atomic E-state index is -1.15. The number of rotatable bonds is 12. The summed E-state index contributed by atoms with van der Waals surface area (Å²) in [4.78, 5) is 72.8. The second kappa shape index (κ2) is 17.0. The molecule has 1 aliphatic rings. The number of pyridine rings is 1. The third-order valence-corrected chi connectivity index (χ3v) is 9.78. The molecule has 0 aliphatic carbocycles. The zero-order valence-electron chi connectivity index (χ0n) is 31.2. The number of ether oxygens (including phenoxy) is 2. The number of H-pyrrole nitrogens is 2. The van der Waals surface area contributed by atoms with Crippen LogP contribution in [0.2, 0.25) is 0 Å². The molecule has 4 atom stereocenters. The van der Waals surface area contributed by atoms with Crippen LogP contribution in [0.1, 0.15) is 66.8 Å². The first-order valence-corrected chi connectivity index (χ1v) is 18.4. The van der Waals surface area contributed by atoms with Gasteiger partial charge in [-0.1, -0.05) is 84.9 Å². The zero-order valence-corrected chi connectivity index (χ0v) is 31.2. The maximum absolute atomic E-state index is 13.7. The number of primary amides is 1. The van der Waals surface area contributed by atoms with Crippen LogP contribution in [0.5, 0.6) is 0 Å². The summed E-state index contributed by atoms with van der Waals surface area (Å²) < 4.78 is 10.0. The Labute approximate surface area is 328 Å². The van der Waals surface area contributed by atoms with Crippen LogP contribution < -0.4 is 16.4 Å². The van der Waals surface area contributed by atoms with Gasteiger partial charge in [0.05, 0.1) is 48.7 Å². The fraction of sp³-hybridized carbons (Fsp3) is 0.214. The molecule has 1 saturated heterocycles. The minimum absolute atomic E-state index is 0.314. The van der Waals surface area contributed by atoms with E-state index in [0.29, 0.717) is 35.7 Å². The van der Waals surface area contributed by atoms with Gasteiger partial charge in [0.1, 0.15) is 17.7 Å². The van der Waals surface area contributed by atoms with E-state index in [1.807, 2.05) is 48.5 Å². The van der Waals surface area contributed by atoms with E-state index in [1.54, 1.807) is 78.9 Å². The molecule has 6 aromatic rings. The summed E-state index contributed by atoms with van der Waals surface area (Å²) in [5, 5.41) is 5.50. The van der Waals surface area contributed by atoms with Gasteiger partial charge in [0.2, 0.25) is 12.0 Å². The number of hydrogen-bond donors (Lipinski definition) is 5. The zero-order chi connectivity index (χ0) is 39.9. The highest BCUT2D eigenvalue weighted by molar-refractivity contribution is 5.87. The molecule has 6 N–H and O–H groups in total. The molecule has 1 aliphatic heterocycles. The number of likely N-dealkylation sites (tertiary alicyclic amines) is 1. The quantitative estimate of drug-likeness (QED) is 0.0944. The Bertz CT molecular complexity index is 2330. The molecule has 15 heteroatoms. The van der Waals surface area contributed by atoms with Gasteiger partial charge in [-0.2, -0.15) is 0 Å². The Morgan fingerprint density at radius 1 is 0.772 bits per heavy atom. The molecular weight excluding hydrogens is 727 g/mol. The van der Waals surface area contributed by atoms with E-state index < -0.39 is 36.3 Å². The fourth-order valence-corrected chi connectivity index (χ4v) is 6.86. The van der Waals surface area contributed by atoms with E-state index in [4.69, 9.17) is 20.2 Å². The maximum Gasteiger partial charge on any atom is 0.407 e. The lowest BCUT2D eigenvalue weighted by Gasteiger charge is -2.27. The normalized spacial score (nSPS) is 15.3. The van der Waals surface area contributed by atoms with E-state index in [-0.39, 0.29) is 11.9 Å². The van der Waals surface area contributed by atoms with Crippen molar-refractivity contribution in [2.24, 2.45) is 5.73 Å². The number of carbonyl (C=O) groups excluding carboxylic acids is 4. The average Bonchev–Trinajstić information content (AvgIpc) is 4.04. The highest BCUT2D eigenvalue weighted by Crippen LogP contribution is 2.35. The van der Waals surface area contributed by atoms with E-state index in [9.17, 15) is 19.2 Å². The molecule has 0 radical (unpaired) electrons. The Balaban J connectivity index is 0.990. The molecule has 290 valence electrons. The van der Waals surface area contributed by atoms with Crippen molar-refractivity contribution in [2.75, 3.05) is 13.7 Å². The van der Waals surface area contributed by atoms with Crippen molar-refractivity contribution in [2.45, 2.75) is 44.0 Å². The largest absolute Gasteiger partial charge is 0.453 e. The molecule has 4 amide bonds. The van der Waals surface area contributed by atoms with Crippen LogP contribution >= 0.6 is 0 Å². The first-order chi connectivity index (χ1) is 27.7. The van der Waals surface area contributed by atoms with E-state index in [2.05, 4.69) is 30.6 Å². The van der Waals surface area contributed by atoms with Crippen LogP contribution in [0.4, 0.5) is 9.59 Å². The Kier molecular flexibility index (Phi) is 11.3. The molecule has 3 aromatic heterocycles. The molecule has 0 saturated carbocycles. The number of aromatic nitrogens is 5. The first kappa shape index (κ1) is 38.0. The van der Waals surface area contributed by atoms with Gasteiger partial charge in [-0.3, -0.25) is 14.6 Å². The predicted octanol–water partition coefficient (Wildman–Crippen LogP) is 6.30.